The molecule has 340 valence electrons. The first kappa shape index (κ1) is 45.9. The molecule has 17 nitrogen and oxygen atoms in total. The molecule has 64 heavy (non-hydrogen) atoms. The normalized spacial score (nSPS) is 19.2. The van der Waals surface area contributed by atoms with Gasteiger partial charge in [0.25, 0.3) is 0 Å². The molecule has 0 bridgehead atoms. The van der Waals surface area contributed by atoms with Gasteiger partial charge in [0, 0.05) is 64.0 Å². The van der Waals surface area contributed by atoms with E-state index in [1.54, 1.807) is 20.7 Å². The predicted molar refractivity (Wildman–Crippen MR) is 250 cm³/mol. The molecule has 2 fully saturated rings. The van der Waals surface area contributed by atoms with E-state index in [0.717, 1.165) is 77.7 Å². The molecule has 5 N–H and O–H groups in total. The maximum absolute atomic E-state index is 13.7. The molecular weight excluding hydrogens is 829 g/mol. The number of ether oxygens (including phenoxy) is 1. The number of carbonyl (C=O) groups is 4. The lowest BCUT2D eigenvalue weighted by Gasteiger charge is -2.38. The van der Waals surface area contributed by atoms with E-state index < -0.39 is 31.7 Å². The van der Waals surface area contributed by atoms with Crippen molar-refractivity contribution in [1.82, 2.24) is 44.1 Å². The summed E-state index contributed by atoms with van der Waals surface area (Å²) in [4.78, 5) is 58.2. The quantitative estimate of drug-likeness (QED) is 0.0774. The molecule has 4 unspecified atom stereocenters. The van der Waals surface area contributed by atoms with Crippen LogP contribution in [0.2, 0.25) is 25.7 Å². The van der Waals surface area contributed by atoms with Gasteiger partial charge in [0.15, 0.2) is 0 Å². The number of nitrogens with zero attached hydrogens (tertiary/aromatic N) is 9. The molecule has 2 aromatic carbocycles. The standard InChI is InChI=1S/C29H40N8O3Si.C17H22N4O2/c1-6-35-17-21-9-8-20(13-23(21)34-35)25-10-7-19(2)16-36(25)29(39)28(38)33-24-15-31-27(30)22-14-32-37(26(22)24)18-40-11-12-41(3,4)5;1-3-20-10-13-6-5-12(8-14(13)19-20)15-7-4-11(2)9-21(15)17(23)16(18)22/h8-9,13-15,17,19,25H,6-7,10-12,16,18H2,1-5H3,(H2,30,31)(H,33,38);5-6,8,10-11,15H,3-4,7,9H2,1-2H3,(H2,18,22). The minimum Gasteiger partial charge on any atom is -0.383 e. The third kappa shape index (κ3) is 10.3. The van der Waals surface area contributed by atoms with E-state index in [1.165, 1.54) is 6.20 Å². The van der Waals surface area contributed by atoms with Gasteiger partial charge in [-0.25, -0.2) is 9.67 Å². The second-order valence-corrected chi connectivity index (χ2v) is 24.2. The van der Waals surface area contributed by atoms with Crippen LogP contribution < -0.4 is 16.8 Å². The second-order valence-electron chi connectivity index (χ2n) is 18.5. The SMILES string of the molecule is CCn1cc2ccc(C3CCC(C)CN3C(=O)C(=O)Nc3cnc(N)c4cnn(COCC[Si](C)(C)C)c34)cc2n1.CCn1cc2ccc(C3CCC(C)CN3C(=O)C(N)=O)cc2n1. The Morgan fingerprint density at radius 2 is 1.34 bits per heavy atom. The van der Waals surface area contributed by atoms with E-state index in [0.29, 0.717) is 48.0 Å². The van der Waals surface area contributed by atoms with Crippen molar-refractivity contribution in [2.45, 2.75) is 111 Å². The fraction of sp³-hybridized carbons (Fsp3) is 0.478. The highest BCUT2D eigenvalue weighted by Crippen LogP contribution is 2.36. The Kier molecular flexibility index (Phi) is 13.8. The first-order valence-corrected chi connectivity index (χ1v) is 26.1. The zero-order valence-electron chi connectivity index (χ0n) is 38.1. The molecule has 4 atom stereocenters. The van der Waals surface area contributed by atoms with Crippen molar-refractivity contribution in [3.8, 4) is 0 Å². The monoisotopic (exact) mass is 890 g/mol. The van der Waals surface area contributed by atoms with Crippen LogP contribution in [0, 0.1) is 11.8 Å². The second kappa shape index (κ2) is 19.3. The van der Waals surface area contributed by atoms with E-state index >= 15 is 0 Å². The summed E-state index contributed by atoms with van der Waals surface area (Å²) >= 11 is 0. The number of benzene rings is 2. The zero-order valence-corrected chi connectivity index (χ0v) is 39.1. The van der Waals surface area contributed by atoms with Crippen LogP contribution in [-0.2, 0) is 43.7 Å². The van der Waals surface area contributed by atoms with Crippen LogP contribution in [0.1, 0.15) is 76.6 Å². The molecule has 4 aromatic heterocycles. The summed E-state index contributed by atoms with van der Waals surface area (Å²) in [6.45, 7) is 18.7. The van der Waals surface area contributed by atoms with E-state index in [2.05, 4.69) is 59.1 Å². The van der Waals surface area contributed by atoms with Gasteiger partial charge in [0.2, 0.25) is 0 Å². The van der Waals surface area contributed by atoms with Crippen LogP contribution in [0.5, 0.6) is 0 Å². The molecule has 2 aliphatic rings. The largest absolute Gasteiger partial charge is 0.383 e. The molecule has 6 heterocycles. The maximum atomic E-state index is 13.7. The first-order valence-electron chi connectivity index (χ1n) is 22.4. The molecule has 2 aliphatic heterocycles. The number of piperidine rings is 2. The molecule has 2 saturated heterocycles. The molecule has 8 rings (SSSR count). The van der Waals surface area contributed by atoms with Crippen molar-refractivity contribution < 1.29 is 23.9 Å². The number of aromatic nitrogens is 7. The Balaban J connectivity index is 0.000000225. The average molecular weight is 891 g/mol. The zero-order chi connectivity index (χ0) is 45.9. The Labute approximate surface area is 374 Å². The van der Waals surface area contributed by atoms with Gasteiger partial charge in [0.05, 0.1) is 52.1 Å². The first-order chi connectivity index (χ1) is 30.5. The summed E-state index contributed by atoms with van der Waals surface area (Å²) in [6, 6.07) is 12.9. The third-order valence-corrected chi connectivity index (χ3v) is 14.0. The van der Waals surface area contributed by atoms with Crippen molar-refractivity contribution in [1.29, 1.82) is 0 Å². The number of fused-ring (bicyclic) bond motifs is 3. The van der Waals surface area contributed by atoms with Crippen LogP contribution in [0.4, 0.5) is 11.5 Å². The van der Waals surface area contributed by atoms with Gasteiger partial charge in [-0.3, -0.25) is 28.5 Å². The molecule has 4 amide bonds. The highest BCUT2D eigenvalue weighted by atomic mass is 28.3. The highest BCUT2D eigenvalue weighted by Gasteiger charge is 2.36. The Morgan fingerprint density at radius 1 is 0.797 bits per heavy atom. The van der Waals surface area contributed by atoms with Crippen molar-refractivity contribution >= 4 is 75.9 Å². The van der Waals surface area contributed by atoms with Crippen LogP contribution in [0.15, 0.2) is 61.2 Å². The molecule has 18 heteroatoms. The number of primary amides is 1. The molecule has 0 saturated carbocycles. The Hall–Kier alpha value is -6.14. The average Bonchev–Trinajstić information content (AvgIpc) is 4.02. The number of hydrogen-bond donors (Lipinski definition) is 3. The summed E-state index contributed by atoms with van der Waals surface area (Å²) < 4.78 is 11.3. The summed E-state index contributed by atoms with van der Waals surface area (Å²) in [5.41, 5.74) is 16.1. The number of anilines is 2. The lowest BCUT2D eigenvalue weighted by atomic mass is 9.89. The fourth-order valence-corrected chi connectivity index (χ4v) is 9.40. The fourth-order valence-electron chi connectivity index (χ4n) is 8.64. The summed E-state index contributed by atoms with van der Waals surface area (Å²) in [6.07, 6.45) is 10.7. The number of hydrogen-bond acceptors (Lipinski definition) is 10. The Morgan fingerprint density at radius 3 is 1.86 bits per heavy atom. The number of pyridine rings is 1. The van der Waals surface area contributed by atoms with E-state index in [-0.39, 0.29) is 24.7 Å². The summed E-state index contributed by atoms with van der Waals surface area (Å²) in [7, 11) is -1.24. The van der Waals surface area contributed by atoms with Crippen molar-refractivity contribution in [2.24, 2.45) is 17.6 Å². The number of rotatable bonds is 10. The van der Waals surface area contributed by atoms with Crippen molar-refractivity contribution in [2.75, 3.05) is 30.7 Å². The number of likely N-dealkylation sites (tertiary alicyclic amines) is 2. The molecular formula is C46H62N12O5Si. The van der Waals surface area contributed by atoms with Gasteiger partial charge >= 0.3 is 23.6 Å². The van der Waals surface area contributed by atoms with E-state index in [4.69, 9.17) is 16.2 Å². The predicted octanol–water partition coefficient (Wildman–Crippen LogP) is 6.47. The maximum Gasteiger partial charge on any atom is 0.314 e. The van der Waals surface area contributed by atoms with Crippen LogP contribution in [0.25, 0.3) is 32.7 Å². The molecule has 6 aromatic rings. The number of aryl methyl sites for hydroxylation is 2. The van der Waals surface area contributed by atoms with Gasteiger partial charge in [-0.2, -0.15) is 15.3 Å². The summed E-state index contributed by atoms with van der Waals surface area (Å²) in [5.74, 6) is -1.84. The van der Waals surface area contributed by atoms with Gasteiger partial charge in [-0.15, -0.1) is 0 Å². The van der Waals surface area contributed by atoms with Gasteiger partial charge in [-0.05, 0) is 80.7 Å². The van der Waals surface area contributed by atoms with Crippen molar-refractivity contribution in [3.05, 3.63) is 72.3 Å². The number of nitrogens with one attached hydrogen (secondary N) is 1. The van der Waals surface area contributed by atoms with Crippen LogP contribution in [0.3, 0.4) is 0 Å². The molecule has 0 radical (unpaired) electrons. The molecule has 0 aliphatic carbocycles. The summed E-state index contributed by atoms with van der Waals surface area (Å²) in [5, 5.41) is 19.1. The van der Waals surface area contributed by atoms with Crippen LogP contribution >= 0.6 is 0 Å². The van der Waals surface area contributed by atoms with Gasteiger partial charge in [0.1, 0.15) is 12.5 Å². The minimum atomic E-state index is -1.24. The third-order valence-electron chi connectivity index (χ3n) is 12.3. The van der Waals surface area contributed by atoms with E-state index in [9.17, 15) is 19.2 Å². The minimum absolute atomic E-state index is 0.109. The number of amides is 4. The lowest BCUT2D eigenvalue weighted by Crippen LogP contribution is -2.46. The van der Waals surface area contributed by atoms with Crippen LogP contribution in [-0.4, -0.2) is 95.5 Å². The molecule has 0 spiro atoms. The lowest BCUT2D eigenvalue weighted by molar-refractivity contribution is -0.147. The number of nitrogens with two attached hydrogens (primary N) is 2. The smallest absolute Gasteiger partial charge is 0.314 e. The van der Waals surface area contributed by atoms with Crippen molar-refractivity contribution in [3.63, 3.8) is 0 Å². The number of carbonyl (C=O) groups excluding carboxylic acids is 4. The topological polar surface area (TPSA) is 214 Å². The number of nitrogen functional groups attached to an aromatic ring is 1. The van der Waals surface area contributed by atoms with E-state index in [1.807, 2.05) is 72.0 Å². The van der Waals surface area contributed by atoms with Gasteiger partial charge in [-0.1, -0.05) is 57.8 Å². The highest BCUT2D eigenvalue weighted by molar-refractivity contribution is 6.76. The van der Waals surface area contributed by atoms with Gasteiger partial charge < -0.3 is 31.3 Å². The Bertz CT molecular complexity index is 2670.